The maximum Gasteiger partial charge on any atom is 0.0210 e. The van der Waals surface area contributed by atoms with Gasteiger partial charge in [-0.25, -0.2) is 0 Å². The summed E-state index contributed by atoms with van der Waals surface area (Å²) in [6, 6.07) is 4.57. The molecule has 1 heteroatoms. The summed E-state index contributed by atoms with van der Waals surface area (Å²) in [6.07, 6.45) is 8.23. The molecule has 0 amide bonds. The fourth-order valence-electron chi connectivity index (χ4n) is 2.73. The van der Waals surface area contributed by atoms with Crippen molar-refractivity contribution in [1.29, 1.82) is 0 Å². The Kier molecular flexibility index (Phi) is 7.81. The van der Waals surface area contributed by atoms with Gasteiger partial charge in [0.25, 0.3) is 0 Å². The topological polar surface area (TPSA) is 12.0 Å². The zero-order valence-corrected chi connectivity index (χ0v) is 13.3. The van der Waals surface area contributed by atoms with Crippen LogP contribution in [0.1, 0.15) is 67.7 Å². The van der Waals surface area contributed by atoms with E-state index in [1.54, 1.807) is 0 Å². The molecule has 1 N–H and O–H groups in total. The molecule has 108 valence electrons. The van der Waals surface area contributed by atoms with E-state index in [4.69, 9.17) is 0 Å². The Labute approximate surface area is 119 Å². The minimum atomic E-state index is 1.02. The van der Waals surface area contributed by atoms with Gasteiger partial charge in [0.05, 0.1) is 0 Å². The van der Waals surface area contributed by atoms with Crippen molar-refractivity contribution in [2.45, 2.75) is 72.8 Å². The SMILES string of the molecule is CCCCCCCCNCc1c(C)cc(C)cc1C. The van der Waals surface area contributed by atoms with Gasteiger partial charge in [0.15, 0.2) is 0 Å². The number of aryl methyl sites for hydroxylation is 3. The molecule has 1 nitrogen and oxygen atoms in total. The monoisotopic (exact) mass is 261 g/mol. The van der Waals surface area contributed by atoms with Crippen molar-refractivity contribution in [3.63, 3.8) is 0 Å². The molecule has 19 heavy (non-hydrogen) atoms. The van der Waals surface area contributed by atoms with Crippen molar-refractivity contribution in [2.24, 2.45) is 0 Å². The van der Waals surface area contributed by atoms with Crippen LogP contribution >= 0.6 is 0 Å². The highest BCUT2D eigenvalue weighted by Gasteiger charge is 2.02. The summed E-state index contributed by atoms with van der Waals surface area (Å²) < 4.78 is 0. The van der Waals surface area contributed by atoms with E-state index in [1.165, 1.54) is 60.8 Å². The molecule has 0 aliphatic carbocycles. The highest BCUT2D eigenvalue weighted by atomic mass is 14.8. The van der Waals surface area contributed by atoms with Gasteiger partial charge in [-0.15, -0.1) is 0 Å². The third-order valence-electron chi connectivity index (χ3n) is 3.85. The molecule has 0 atom stereocenters. The second-order valence-electron chi connectivity index (χ2n) is 5.82. The van der Waals surface area contributed by atoms with E-state index in [0.717, 1.165) is 13.1 Å². The Bertz CT molecular complexity index is 345. The Morgan fingerprint density at radius 2 is 1.42 bits per heavy atom. The van der Waals surface area contributed by atoms with E-state index < -0.39 is 0 Å². The average Bonchev–Trinajstić information content (AvgIpc) is 2.35. The first-order valence-electron chi connectivity index (χ1n) is 7.92. The van der Waals surface area contributed by atoms with Crippen molar-refractivity contribution in [2.75, 3.05) is 6.54 Å². The van der Waals surface area contributed by atoms with E-state index in [9.17, 15) is 0 Å². The summed E-state index contributed by atoms with van der Waals surface area (Å²) >= 11 is 0. The third-order valence-corrected chi connectivity index (χ3v) is 3.85. The Balaban J connectivity index is 2.19. The Morgan fingerprint density at radius 3 is 2.05 bits per heavy atom. The molecule has 0 spiro atoms. The lowest BCUT2D eigenvalue weighted by Crippen LogP contribution is -2.16. The summed E-state index contributed by atoms with van der Waals surface area (Å²) in [5, 5.41) is 3.59. The Hall–Kier alpha value is -0.820. The van der Waals surface area contributed by atoms with Gasteiger partial charge >= 0.3 is 0 Å². The van der Waals surface area contributed by atoms with Crippen molar-refractivity contribution >= 4 is 0 Å². The highest BCUT2D eigenvalue weighted by Crippen LogP contribution is 2.16. The van der Waals surface area contributed by atoms with E-state index in [0.29, 0.717) is 0 Å². The van der Waals surface area contributed by atoms with Crippen LogP contribution in [0.5, 0.6) is 0 Å². The number of nitrogens with one attached hydrogen (secondary N) is 1. The number of hydrogen-bond donors (Lipinski definition) is 1. The first-order valence-corrected chi connectivity index (χ1v) is 7.92. The van der Waals surface area contributed by atoms with Gasteiger partial charge < -0.3 is 5.32 Å². The van der Waals surface area contributed by atoms with Crippen LogP contribution in [0, 0.1) is 20.8 Å². The molecule has 0 radical (unpaired) electrons. The molecule has 1 aromatic rings. The molecule has 0 saturated heterocycles. The molecule has 0 fully saturated rings. The maximum atomic E-state index is 3.59. The Morgan fingerprint density at radius 1 is 0.842 bits per heavy atom. The van der Waals surface area contributed by atoms with E-state index >= 15 is 0 Å². The van der Waals surface area contributed by atoms with Gasteiger partial charge in [0, 0.05) is 6.54 Å². The standard InChI is InChI=1S/C18H31N/c1-5-6-7-8-9-10-11-19-14-18-16(3)12-15(2)13-17(18)4/h12-13,19H,5-11,14H2,1-4H3. The van der Waals surface area contributed by atoms with Crippen molar-refractivity contribution in [3.8, 4) is 0 Å². The maximum absolute atomic E-state index is 3.59. The van der Waals surface area contributed by atoms with E-state index in [1.807, 2.05) is 0 Å². The molecule has 0 aromatic heterocycles. The molecular weight excluding hydrogens is 230 g/mol. The van der Waals surface area contributed by atoms with Gasteiger partial charge in [-0.1, -0.05) is 56.7 Å². The van der Waals surface area contributed by atoms with Crippen LogP contribution < -0.4 is 5.32 Å². The second-order valence-corrected chi connectivity index (χ2v) is 5.82. The quantitative estimate of drug-likeness (QED) is 0.612. The van der Waals surface area contributed by atoms with Crippen molar-refractivity contribution < 1.29 is 0 Å². The van der Waals surface area contributed by atoms with Crippen LogP contribution in [-0.2, 0) is 6.54 Å². The highest BCUT2D eigenvalue weighted by molar-refractivity contribution is 5.37. The summed E-state index contributed by atoms with van der Waals surface area (Å²) in [4.78, 5) is 0. The molecule has 1 aromatic carbocycles. The molecule has 0 saturated carbocycles. The fourth-order valence-corrected chi connectivity index (χ4v) is 2.73. The molecule has 0 aliphatic rings. The van der Waals surface area contributed by atoms with Crippen LogP contribution in [0.25, 0.3) is 0 Å². The van der Waals surface area contributed by atoms with E-state index in [2.05, 4.69) is 45.1 Å². The van der Waals surface area contributed by atoms with Crippen LogP contribution in [0.4, 0.5) is 0 Å². The minimum absolute atomic E-state index is 1.02. The fraction of sp³-hybridized carbons (Fsp3) is 0.667. The first-order chi connectivity index (χ1) is 9.15. The zero-order chi connectivity index (χ0) is 14.1. The summed E-state index contributed by atoms with van der Waals surface area (Å²) in [6.45, 7) is 11.1. The van der Waals surface area contributed by atoms with Crippen LogP contribution in [0.15, 0.2) is 12.1 Å². The predicted octanol–water partition coefficient (Wildman–Crippen LogP) is 5.06. The minimum Gasteiger partial charge on any atom is -0.313 e. The van der Waals surface area contributed by atoms with Crippen LogP contribution in [0.2, 0.25) is 0 Å². The van der Waals surface area contributed by atoms with Gasteiger partial charge in [-0.3, -0.25) is 0 Å². The number of rotatable bonds is 9. The van der Waals surface area contributed by atoms with Gasteiger partial charge in [-0.05, 0) is 50.4 Å². The number of hydrogen-bond acceptors (Lipinski definition) is 1. The lowest BCUT2D eigenvalue weighted by Gasteiger charge is -2.12. The lowest BCUT2D eigenvalue weighted by atomic mass is 10.00. The first kappa shape index (κ1) is 16.2. The molecule has 0 bridgehead atoms. The van der Waals surface area contributed by atoms with Crippen molar-refractivity contribution in [1.82, 2.24) is 5.32 Å². The largest absolute Gasteiger partial charge is 0.313 e. The van der Waals surface area contributed by atoms with Gasteiger partial charge in [-0.2, -0.15) is 0 Å². The number of unbranched alkanes of at least 4 members (excludes halogenated alkanes) is 5. The molecule has 0 heterocycles. The zero-order valence-electron chi connectivity index (χ0n) is 13.3. The third kappa shape index (κ3) is 6.24. The summed E-state index contributed by atoms with van der Waals surface area (Å²) in [5.41, 5.74) is 5.70. The molecule has 0 aliphatic heterocycles. The summed E-state index contributed by atoms with van der Waals surface area (Å²) in [7, 11) is 0. The molecule has 1 rings (SSSR count). The number of benzene rings is 1. The van der Waals surface area contributed by atoms with Crippen LogP contribution in [0.3, 0.4) is 0 Å². The van der Waals surface area contributed by atoms with Crippen molar-refractivity contribution in [3.05, 3.63) is 34.4 Å². The predicted molar refractivity (Wildman–Crippen MR) is 85.7 cm³/mol. The average molecular weight is 261 g/mol. The molecular formula is C18H31N. The smallest absolute Gasteiger partial charge is 0.0210 e. The van der Waals surface area contributed by atoms with Crippen LogP contribution in [-0.4, -0.2) is 6.54 Å². The molecule has 0 unspecified atom stereocenters. The lowest BCUT2D eigenvalue weighted by molar-refractivity contribution is 0.571. The van der Waals surface area contributed by atoms with Gasteiger partial charge in [0.1, 0.15) is 0 Å². The second kappa shape index (κ2) is 9.14. The van der Waals surface area contributed by atoms with Gasteiger partial charge in [0.2, 0.25) is 0 Å². The normalized spacial score (nSPS) is 10.9. The summed E-state index contributed by atoms with van der Waals surface area (Å²) in [5.74, 6) is 0. The van der Waals surface area contributed by atoms with E-state index in [-0.39, 0.29) is 0 Å².